The lowest BCUT2D eigenvalue weighted by atomic mass is 10.1. The second-order valence-corrected chi connectivity index (χ2v) is 4.78. The summed E-state index contributed by atoms with van der Waals surface area (Å²) in [7, 11) is 0. The van der Waals surface area contributed by atoms with E-state index in [0.717, 1.165) is 16.9 Å². The van der Waals surface area contributed by atoms with E-state index in [1.165, 1.54) is 0 Å². The van der Waals surface area contributed by atoms with Crippen LogP contribution in [0.25, 0.3) is 11.2 Å². The molecule has 2 heterocycles. The van der Waals surface area contributed by atoms with Gasteiger partial charge >= 0.3 is 0 Å². The van der Waals surface area contributed by atoms with E-state index in [2.05, 4.69) is 54.0 Å². The van der Waals surface area contributed by atoms with Gasteiger partial charge in [0.25, 0.3) is 0 Å². The molecule has 0 spiro atoms. The van der Waals surface area contributed by atoms with Gasteiger partial charge in [0.2, 0.25) is 0 Å². The molecule has 0 aliphatic rings. The van der Waals surface area contributed by atoms with Crippen LogP contribution in [0, 0.1) is 0 Å². The van der Waals surface area contributed by atoms with Crippen LogP contribution in [0.4, 0.5) is 5.69 Å². The van der Waals surface area contributed by atoms with Crippen molar-refractivity contribution in [2.24, 2.45) is 0 Å². The number of fused-ring (bicyclic) bond motifs is 1. The number of hydrogen-bond donors (Lipinski definition) is 1. The third-order valence-corrected chi connectivity index (χ3v) is 2.50. The van der Waals surface area contributed by atoms with Crippen molar-refractivity contribution in [2.75, 3.05) is 5.32 Å². The first-order valence-corrected chi connectivity index (χ1v) is 5.96. The normalized spacial score (nSPS) is 11.4. The van der Waals surface area contributed by atoms with E-state index in [9.17, 15) is 0 Å². The molecule has 17 heavy (non-hydrogen) atoms. The summed E-state index contributed by atoms with van der Waals surface area (Å²) in [5, 5.41) is 3.40. The first-order chi connectivity index (χ1) is 8.08. The van der Waals surface area contributed by atoms with Crippen molar-refractivity contribution in [3.8, 4) is 0 Å². The molecular formula is C13H18N4. The lowest BCUT2D eigenvalue weighted by Gasteiger charge is -2.14. The van der Waals surface area contributed by atoms with Crippen LogP contribution in [0.3, 0.4) is 0 Å². The minimum absolute atomic E-state index is 0.364. The topological polar surface area (TPSA) is 50.7 Å². The van der Waals surface area contributed by atoms with Crippen LogP contribution in [-0.4, -0.2) is 21.0 Å². The molecule has 0 aromatic carbocycles. The smallest absolute Gasteiger partial charge is 0.180 e. The highest BCUT2D eigenvalue weighted by atomic mass is 15.0. The molecule has 0 saturated carbocycles. The van der Waals surface area contributed by atoms with Crippen LogP contribution in [0.2, 0.25) is 0 Å². The van der Waals surface area contributed by atoms with Crippen molar-refractivity contribution in [3.63, 3.8) is 0 Å². The zero-order valence-electron chi connectivity index (χ0n) is 10.7. The van der Waals surface area contributed by atoms with Crippen LogP contribution < -0.4 is 5.32 Å². The molecule has 0 aliphatic carbocycles. The van der Waals surface area contributed by atoms with Crippen LogP contribution in [0.1, 0.15) is 39.3 Å². The third-order valence-electron chi connectivity index (χ3n) is 2.50. The lowest BCUT2D eigenvalue weighted by molar-refractivity contribution is 0.824. The third kappa shape index (κ3) is 2.52. The monoisotopic (exact) mass is 230 g/mol. The van der Waals surface area contributed by atoms with E-state index in [-0.39, 0.29) is 0 Å². The average Bonchev–Trinajstić information content (AvgIpc) is 2.28. The van der Waals surface area contributed by atoms with Crippen molar-refractivity contribution < 1.29 is 0 Å². The van der Waals surface area contributed by atoms with E-state index in [4.69, 9.17) is 0 Å². The van der Waals surface area contributed by atoms with Gasteiger partial charge in [0.15, 0.2) is 5.65 Å². The second kappa shape index (κ2) is 4.65. The summed E-state index contributed by atoms with van der Waals surface area (Å²) in [4.78, 5) is 13.2. The fraction of sp³-hybridized carbons (Fsp3) is 0.462. The SMILES string of the molecule is CC(C)Nc1cc(C(C)C)nc2nccnc12. The Hall–Kier alpha value is -1.71. The molecule has 0 saturated heterocycles. The number of rotatable bonds is 3. The van der Waals surface area contributed by atoms with Gasteiger partial charge in [-0.2, -0.15) is 0 Å². The maximum Gasteiger partial charge on any atom is 0.180 e. The van der Waals surface area contributed by atoms with Crippen molar-refractivity contribution in [3.05, 3.63) is 24.2 Å². The summed E-state index contributed by atoms with van der Waals surface area (Å²) in [6, 6.07) is 2.43. The Labute approximate surface area is 102 Å². The maximum absolute atomic E-state index is 4.53. The molecule has 0 bridgehead atoms. The summed E-state index contributed by atoms with van der Waals surface area (Å²) in [6.07, 6.45) is 3.38. The Bertz CT molecular complexity index is 520. The molecule has 0 aliphatic heterocycles. The van der Waals surface area contributed by atoms with E-state index in [1.807, 2.05) is 0 Å². The average molecular weight is 230 g/mol. The van der Waals surface area contributed by atoms with Crippen LogP contribution in [0.5, 0.6) is 0 Å². The second-order valence-electron chi connectivity index (χ2n) is 4.78. The zero-order valence-corrected chi connectivity index (χ0v) is 10.7. The molecule has 4 nitrogen and oxygen atoms in total. The number of hydrogen-bond acceptors (Lipinski definition) is 4. The number of pyridine rings is 1. The standard InChI is InChI=1S/C13H18N4/c1-8(2)10-7-11(16-9(3)4)12-13(17-10)15-6-5-14-12/h5-9H,1-4H3,(H,15,16,17). The van der Waals surface area contributed by atoms with Gasteiger partial charge in [0, 0.05) is 24.1 Å². The molecule has 4 heteroatoms. The Kier molecular flexibility index (Phi) is 3.22. The number of anilines is 1. The molecular weight excluding hydrogens is 212 g/mol. The van der Waals surface area contributed by atoms with Gasteiger partial charge < -0.3 is 5.32 Å². The molecule has 0 fully saturated rings. The molecule has 0 radical (unpaired) electrons. The molecule has 2 aromatic heterocycles. The molecule has 0 unspecified atom stereocenters. The van der Waals surface area contributed by atoms with Gasteiger partial charge in [-0.15, -0.1) is 0 Å². The first kappa shape index (κ1) is 11.8. The van der Waals surface area contributed by atoms with Crippen molar-refractivity contribution in [1.82, 2.24) is 15.0 Å². The van der Waals surface area contributed by atoms with Crippen molar-refractivity contribution in [1.29, 1.82) is 0 Å². The molecule has 90 valence electrons. The maximum atomic E-state index is 4.53. The van der Waals surface area contributed by atoms with Gasteiger partial charge in [0.05, 0.1) is 5.69 Å². The van der Waals surface area contributed by atoms with Crippen molar-refractivity contribution >= 4 is 16.9 Å². The fourth-order valence-electron chi connectivity index (χ4n) is 1.69. The molecule has 2 aromatic rings. The Morgan fingerprint density at radius 2 is 1.76 bits per heavy atom. The summed E-state index contributed by atoms with van der Waals surface area (Å²) >= 11 is 0. The highest BCUT2D eigenvalue weighted by Gasteiger charge is 2.10. The summed E-state index contributed by atoms with van der Waals surface area (Å²) in [5.41, 5.74) is 3.61. The Morgan fingerprint density at radius 1 is 1.06 bits per heavy atom. The minimum atomic E-state index is 0.364. The fourth-order valence-corrected chi connectivity index (χ4v) is 1.69. The molecule has 2 rings (SSSR count). The van der Waals surface area contributed by atoms with E-state index in [0.29, 0.717) is 17.6 Å². The van der Waals surface area contributed by atoms with Gasteiger partial charge in [0.1, 0.15) is 5.52 Å². The quantitative estimate of drug-likeness (QED) is 0.880. The van der Waals surface area contributed by atoms with Gasteiger partial charge in [-0.1, -0.05) is 13.8 Å². The van der Waals surface area contributed by atoms with E-state index >= 15 is 0 Å². The predicted molar refractivity (Wildman–Crippen MR) is 70.2 cm³/mol. The minimum Gasteiger partial charge on any atom is -0.381 e. The van der Waals surface area contributed by atoms with Crippen LogP contribution >= 0.6 is 0 Å². The molecule has 0 atom stereocenters. The van der Waals surface area contributed by atoms with Gasteiger partial charge in [-0.05, 0) is 25.8 Å². The van der Waals surface area contributed by atoms with Crippen LogP contribution in [-0.2, 0) is 0 Å². The van der Waals surface area contributed by atoms with Gasteiger partial charge in [-0.25, -0.2) is 15.0 Å². The summed E-state index contributed by atoms with van der Waals surface area (Å²) in [5.74, 6) is 0.383. The molecule has 0 amide bonds. The zero-order chi connectivity index (χ0) is 12.4. The summed E-state index contributed by atoms with van der Waals surface area (Å²) < 4.78 is 0. The van der Waals surface area contributed by atoms with E-state index < -0.39 is 0 Å². The largest absolute Gasteiger partial charge is 0.381 e. The Morgan fingerprint density at radius 3 is 2.41 bits per heavy atom. The predicted octanol–water partition coefficient (Wildman–Crippen LogP) is 2.97. The van der Waals surface area contributed by atoms with Gasteiger partial charge in [-0.3, -0.25) is 0 Å². The number of nitrogens with zero attached hydrogens (tertiary/aromatic N) is 3. The lowest BCUT2D eigenvalue weighted by Crippen LogP contribution is -2.11. The summed E-state index contributed by atoms with van der Waals surface area (Å²) in [6.45, 7) is 8.47. The van der Waals surface area contributed by atoms with Crippen LogP contribution in [0.15, 0.2) is 18.5 Å². The highest BCUT2D eigenvalue weighted by Crippen LogP contribution is 2.23. The van der Waals surface area contributed by atoms with Crippen molar-refractivity contribution in [2.45, 2.75) is 39.7 Å². The first-order valence-electron chi connectivity index (χ1n) is 5.96. The number of nitrogens with one attached hydrogen (secondary N) is 1. The molecule has 1 N–H and O–H groups in total. The highest BCUT2D eigenvalue weighted by molar-refractivity contribution is 5.85. The number of aromatic nitrogens is 3. The van der Waals surface area contributed by atoms with E-state index in [1.54, 1.807) is 12.4 Å². The Balaban J connectivity index is 2.60.